The molecule has 0 radical (unpaired) electrons. The molecule has 0 saturated carbocycles. The van der Waals surface area contributed by atoms with Crippen LogP contribution in [0.1, 0.15) is 41.3 Å². The van der Waals surface area contributed by atoms with Crippen molar-refractivity contribution in [2.24, 2.45) is 5.92 Å². The Labute approximate surface area is 380 Å². The van der Waals surface area contributed by atoms with Gasteiger partial charge in [0.1, 0.15) is 4.90 Å². The Morgan fingerprint density at radius 3 is 2.17 bits per heavy atom. The summed E-state index contributed by atoms with van der Waals surface area (Å²) in [6.07, 6.45) is 1.09. The number of nitrogens with zero attached hydrogens (tertiary/aromatic N) is 2. The van der Waals surface area contributed by atoms with Gasteiger partial charge >= 0.3 is 5.51 Å². The van der Waals surface area contributed by atoms with Gasteiger partial charge in [-0.3, -0.25) is 9.69 Å². The first kappa shape index (κ1) is 47.3. The highest BCUT2D eigenvalue weighted by Crippen LogP contribution is 2.39. The smallest absolute Gasteiger partial charge is 0.388 e. The zero-order valence-corrected chi connectivity index (χ0v) is 37.8. The van der Waals surface area contributed by atoms with Crippen LogP contribution in [0.2, 0.25) is 5.02 Å². The summed E-state index contributed by atoms with van der Waals surface area (Å²) in [5.41, 5.74) is -2.73. The number of piperidine rings is 1. The van der Waals surface area contributed by atoms with Gasteiger partial charge in [0.15, 0.2) is 0 Å². The lowest BCUT2D eigenvalue weighted by Gasteiger charge is -2.36. The molecule has 7 rings (SSSR count). The molecule has 11 nitrogen and oxygen atoms in total. The van der Waals surface area contributed by atoms with Crippen molar-refractivity contribution in [1.29, 1.82) is 0 Å². The van der Waals surface area contributed by atoms with E-state index in [9.17, 15) is 39.9 Å². The fraction of sp³-hybridized carbons (Fsp3) is 0.326. The van der Waals surface area contributed by atoms with Crippen LogP contribution in [0, 0.1) is 5.92 Å². The normalized spacial score (nSPS) is 16.5. The van der Waals surface area contributed by atoms with Crippen LogP contribution in [-0.2, 0) is 24.6 Å². The van der Waals surface area contributed by atoms with Crippen LogP contribution in [0.4, 0.5) is 24.5 Å². The summed E-state index contributed by atoms with van der Waals surface area (Å²) in [6, 6.07) is 32.6. The van der Waals surface area contributed by atoms with Gasteiger partial charge < -0.3 is 20.1 Å². The number of halogens is 4. The van der Waals surface area contributed by atoms with Crippen molar-refractivity contribution in [1.82, 2.24) is 9.62 Å². The number of amides is 1. The minimum atomic E-state index is -6.07. The van der Waals surface area contributed by atoms with Crippen LogP contribution in [-0.4, -0.2) is 96.0 Å². The second-order valence-electron chi connectivity index (χ2n) is 15.7. The first-order chi connectivity index (χ1) is 30.6. The fourth-order valence-corrected chi connectivity index (χ4v) is 11.0. The Bertz CT molecular complexity index is 2590. The Morgan fingerprint density at radius 1 is 0.844 bits per heavy atom. The number of anilines is 2. The van der Waals surface area contributed by atoms with Crippen molar-refractivity contribution in [3.8, 4) is 11.1 Å². The zero-order valence-electron chi connectivity index (χ0n) is 34.6. The third-order valence-corrected chi connectivity index (χ3v) is 15.7. The lowest BCUT2D eigenvalue weighted by molar-refractivity contribution is -0.0435. The SMILES string of the molecule is O=C(NS(=O)(=O)c1ccc(N[C@@H](CCN2CCOCC2)CSc2ccccc2)c(S(=O)(=O)C(F)(F)F)c1)c1ccc(N2CCC([C@@H](O)c3ccccc3-c3ccc(Cl)cc3)CC2)cc1. The molecule has 5 aromatic rings. The molecule has 5 aromatic carbocycles. The van der Waals surface area contributed by atoms with E-state index in [0.29, 0.717) is 82.0 Å². The number of benzene rings is 5. The monoisotopic (exact) mass is 956 g/mol. The van der Waals surface area contributed by atoms with Gasteiger partial charge in [-0.15, -0.1) is 11.8 Å². The molecule has 0 aromatic heterocycles. The van der Waals surface area contributed by atoms with E-state index in [1.807, 2.05) is 83.6 Å². The number of thioether (sulfide) groups is 1. The minimum absolute atomic E-state index is 0.0168. The first-order valence-corrected chi connectivity index (χ1v) is 25.1. The standard InChI is InChI=1S/C46H48ClF3N4O7S3/c47-35-14-10-32(11-15-35)40-8-4-5-9-41(40)44(55)33-20-24-54(25-21-33)37-16-12-34(13-17-37)45(56)52-64(59,60)39-18-19-42(43(30-39)63(57,58)46(48,49)50)51-36(22-23-53-26-28-61-29-27-53)31-62-38-6-2-1-3-7-38/h1-19,30,33,36,44,51,55H,20-29,31H2,(H,52,56)/t36-,44+/m0/s1. The van der Waals surface area contributed by atoms with Gasteiger partial charge in [-0.05, 0) is 109 Å². The topological polar surface area (TPSA) is 145 Å². The lowest BCUT2D eigenvalue weighted by atomic mass is 9.84. The van der Waals surface area contributed by atoms with E-state index in [1.54, 1.807) is 12.1 Å². The first-order valence-electron chi connectivity index (χ1n) is 20.7. The highest BCUT2D eigenvalue weighted by Gasteiger charge is 2.48. The Kier molecular flexibility index (Phi) is 15.3. The number of rotatable bonds is 16. The molecular formula is C46H48ClF3N4O7S3. The molecule has 0 spiro atoms. The molecule has 0 bridgehead atoms. The summed E-state index contributed by atoms with van der Waals surface area (Å²) < 4.78 is 103. The molecule has 1 amide bonds. The Hall–Kier alpha value is -4.62. The van der Waals surface area contributed by atoms with Crippen molar-refractivity contribution >= 4 is 60.5 Å². The van der Waals surface area contributed by atoms with Crippen molar-refractivity contribution in [3.63, 3.8) is 0 Å². The van der Waals surface area contributed by atoms with Crippen LogP contribution in [0.15, 0.2) is 136 Å². The number of hydrogen-bond acceptors (Lipinski definition) is 11. The maximum Gasteiger partial charge on any atom is 0.501 e. The number of nitrogens with one attached hydrogen (secondary N) is 2. The summed E-state index contributed by atoms with van der Waals surface area (Å²) in [7, 11) is -10.9. The molecule has 0 aliphatic carbocycles. The maximum atomic E-state index is 14.2. The Morgan fingerprint density at radius 2 is 1.50 bits per heavy atom. The second kappa shape index (κ2) is 20.7. The van der Waals surface area contributed by atoms with E-state index in [4.69, 9.17) is 16.3 Å². The van der Waals surface area contributed by atoms with E-state index >= 15 is 0 Å². The van der Waals surface area contributed by atoms with Gasteiger partial charge in [0.05, 0.1) is 29.9 Å². The third-order valence-electron chi connectivity index (χ3n) is 11.5. The molecule has 3 N–H and O–H groups in total. The fourth-order valence-electron chi connectivity index (χ4n) is 7.87. The molecule has 2 fully saturated rings. The number of sulfonamides is 1. The third kappa shape index (κ3) is 11.6. The second-order valence-corrected chi connectivity index (χ2v) is 20.8. The van der Waals surface area contributed by atoms with E-state index in [-0.39, 0.29) is 11.5 Å². The molecule has 18 heteroatoms. The van der Waals surface area contributed by atoms with Crippen molar-refractivity contribution < 1.29 is 44.6 Å². The van der Waals surface area contributed by atoms with Crippen LogP contribution < -0.4 is 14.9 Å². The lowest BCUT2D eigenvalue weighted by Crippen LogP contribution is -2.39. The minimum Gasteiger partial charge on any atom is -0.388 e. The number of ether oxygens (including phenoxy) is 1. The van der Waals surface area contributed by atoms with Gasteiger partial charge in [0.25, 0.3) is 25.8 Å². The van der Waals surface area contributed by atoms with E-state index < -0.39 is 58.9 Å². The van der Waals surface area contributed by atoms with Crippen molar-refractivity contribution in [2.75, 3.05) is 61.9 Å². The maximum absolute atomic E-state index is 14.2. The predicted octanol–water partition coefficient (Wildman–Crippen LogP) is 8.66. The molecule has 2 heterocycles. The molecule has 0 unspecified atom stereocenters. The van der Waals surface area contributed by atoms with E-state index in [1.165, 1.54) is 23.9 Å². The zero-order chi connectivity index (χ0) is 45.5. The van der Waals surface area contributed by atoms with Gasteiger partial charge in [0, 0.05) is 65.7 Å². The Balaban J connectivity index is 1.02. The average molecular weight is 958 g/mol. The number of hydrogen-bond donors (Lipinski definition) is 3. The molecule has 64 heavy (non-hydrogen) atoms. The molecule has 2 aliphatic heterocycles. The average Bonchev–Trinajstić information content (AvgIpc) is 3.30. The number of aliphatic hydroxyl groups excluding tert-OH is 1. The summed E-state index contributed by atoms with van der Waals surface area (Å²) in [4.78, 5) is 16.3. The number of sulfone groups is 1. The highest BCUT2D eigenvalue weighted by atomic mass is 35.5. The number of morpholine rings is 1. The quantitative estimate of drug-likeness (QED) is 0.0818. The number of aliphatic hydroxyl groups is 1. The molecular weight excluding hydrogens is 909 g/mol. The van der Waals surface area contributed by atoms with Crippen LogP contribution in [0.5, 0.6) is 0 Å². The number of alkyl halides is 3. The summed E-state index contributed by atoms with van der Waals surface area (Å²) in [6.45, 7) is 4.20. The summed E-state index contributed by atoms with van der Waals surface area (Å²) >= 11 is 7.54. The predicted molar refractivity (Wildman–Crippen MR) is 244 cm³/mol. The number of carbonyl (C=O) groups is 1. The van der Waals surface area contributed by atoms with E-state index in [2.05, 4.69) is 15.1 Å². The molecule has 2 atom stereocenters. The van der Waals surface area contributed by atoms with Crippen LogP contribution in [0.3, 0.4) is 0 Å². The molecule has 340 valence electrons. The summed E-state index contributed by atoms with van der Waals surface area (Å²) in [5, 5.41) is 15.1. The van der Waals surface area contributed by atoms with E-state index in [0.717, 1.165) is 39.4 Å². The van der Waals surface area contributed by atoms with Gasteiger partial charge in [-0.25, -0.2) is 21.6 Å². The van der Waals surface area contributed by atoms with Gasteiger partial charge in [-0.1, -0.05) is 66.2 Å². The van der Waals surface area contributed by atoms with Gasteiger partial charge in [-0.2, -0.15) is 13.2 Å². The van der Waals surface area contributed by atoms with Crippen LogP contribution in [0.25, 0.3) is 11.1 Å². The van der Waals surface area contributed by atoms with Crippen molar-refractivity contribution in [2.45, 2.75) is 51.6 Å². The van der Waals surface area contributed by atoms with Crippen molar-refractivity contribution in [3.05, 3.63) is 137 Å². The van der Waals surface area contributed by atoms with Gasteiger partial charge in [0.2, 0.25) is 0 Å². The van der Waals surface area contributed by atoms with Crippen LogP contribution >= 0.6 is 23.4 Å². The number of carbonyl (C=O) groups excluding carboxylic acids is 1. The molecule has 2 aliphatic rings. The molecule has 2 saturated heterocycles. The largest absolute Gasteiger partial charge is 0.501 e. The summed E-state index contributed by atoms with van der Waals surface area (Å²) in [5.74, 6) is -0.718. The highest BCUT2D eigenvalue weighted by molar-refractivity contribution is 7.99.